The molecule has 0 aromatic carbocycles. The van der Waals surface area contributed by atoms with Crippen LogP contribution >= 0.6 is 0 Å². The zero-order valence-corrected chi connectivity index (χ0v) is 11.0. The van der Waals surface area contributed by atoms with E-state index in [1.165, 1.54) is 5.57 Å². The molecule has 3 saturated carbocycles. The largest absolute Gasteiger partial charge is 0.0822 e. The summed E-state index contributed by atoms with van der Waals surface area (Å²) >= 11 is 0. The minimum Gasteiger partial charge on any atom is -0.0822 e. The van der Waals surface area contributed by atoms with Crippen LogP contribution < -0.4 is 0 Å². The molecule has 0 saturated heterocycles. The fourth-order valence-corrected chi connectivity index (χ4v) is 5.10. The summed E-state index contributed by atoms with van der Waals surface area (Å²) in [5.74, 6) is 5.00. The van der Waals surface area contributed by atoms with Crippen molar-refractivity contribution in [1.29, 1.82) is 0 Å². The van der Waals surface area contributed by atoms with Crippen LogP contribution in [0.2, 0.25) is 0 Å². The molecule has 0 spiro atoms. The van der Waals surface area contributed by atoms with E-state index >= 15 is 0 Å². The topological polar surface area (TPSA) is 0 Å². The molecule has 0 amide bonds. The van der Waals surface area contributed by atoms with Crippen LogP contribution in [0, 0.1) is 40.4 Å². The van der Waals surface area contributed by atoms with Crippen molar-refractivity contribution in [3.8, 4) is 0 Å². The van der Waals surface area contributed by atoms with Crippen molar-refractivity contribution in [1.82, 2.24) is 0 Å². The lowest BCUT2D eigenvalue weighted by Crippen LogP contribution is -2.10. The van der Waals surface area contributed by atoms with Gasteiger partial charge in [-0.25, -0.2) is 0 Å². The van der Waals surface area contributed by atoms with E-state index in [0.29, 0.717) is 10.8 Å². The smallest absolute Gasteiger partial charge is 0.0158 e. The number of hydrogen-bond acceptors (Lipinski definition) is 0. The summed E-state index contributed by atoms with van der Waals surface area (Å²) in [7, 11) is 0. The Kier molecular flexibility index (Phi) is 1.56. The van der Waals surface area contributed by atoms with E-state index in [-0.39, 0.29) is 0 Å². The van der Waals surface area contributed by atoms with Crippen molar-refractivity contribution in [3.63, 3.8) is 0 Å². The van der Waals surface area contributed by atoms with Gasteiger partial charge in [0.1, 0.15) is 0 Å². The van der Waals surface area contributed by atoms with Gasteiger partial charge in [0.25, 0.3) is 0 Å². The van der Waals surface area contributed by atoms with E-state index in [2.05, 4.69) is 47.6 Å². The number of rotatable bonds is 1. The molecule has 0 aromatic heterocycles. The van der Waals surface area contributed by atoms with Crippen LogP contribution in [0.15, 0.2) is 11.6 Å². The lowest BCUT2D eigenvalue weighted by atomic mass is 9.88. The van der Waals surface area contributed by atoms with Crippen LogP contribution in [-0.4, -0.2) is 0 Å². The zero-order chi connectivity index (χ0) is 11.2. The fourth-order valence-electron chi connectivity index (χ4n) is 5.10. The third-order valence-corrected chi connectivity index (χ3v) is 5.73. The zero-order valence-electron chi connectivity index (χ0n) is 11.0. The van der Waals surface area contributed by atoms with Crippen LogP contribution in [0.5, 0.6) is 0 Å². The predicted molar refractivity (Wildman–Crippen MR) is 64.4 cm³/mol. The molecule has 0 heterocycles. The van der Waals surface area contributed by atoms with Crippen molar-refractivity contribution in [2.24, 2.45) is 40.4 Å². The number of hydrogen-bond donors (Lipinski definition) is 0. The van der Waals surface area contributed by atoms with Gasteiger partial charge in [-0.15, -0.1) is 0 Å². The lowest BCUT2D eigenvalue weighted by molar-refractivity contribution is 0.373. The second-order valence-corrected chi connectivity index (χ2v) is 7.57. The molecule has 0 nitrogen and oxygen atoms in total. The second-order valence-electron chi connectivity index (χ2n) is 7.57. The number of allylic oxidation sites excluding steroid dienone is 2. The Balaban J connectivity index is 1.93. The summed E-state index contributed by atoms with van der Waals surface area (Å²) in [6.45, 7) is 14.5. The van der Waals surface area contributed by atoms with Gasteiger partial charge in [0.2, 0.25) is 0 Å². The molecule has 0 aliphatic heterocycles. The van der Waals surface area contributed by atoms with Crippen molar-refractivity contribution in [3.05, 3.63) is 11.6 Å². The van der Waals surface area contributed by atoms with Crippen LogP contribution in [0.25, 0.3) is 0 Å². The Morgan fingerprint density at radius 2 is 1.20 bits per heavy atom. The molecule has 0 aromatic rings. The van der Waals surface area contributed by atoms with Gasteiger partial charge >= 0.3 is 0 Å². The highest BCUT2D eigenvalue weighted by molar-refractivity contribution is 5.33. The van der Waals surface area contributed by atoms with Gasteiger partial charge in [0.05, 0.1) is 0 Å². The average molecular weight is 204 g/mol. The van der Waals surface area contributed by atoms with E-state index in [0.717, 1.165) is 29.6 Å². The molecule has 3 aliphatic carbocycles. The molecule has 0 heteroatoms. The Morgan fingerprint density at radius 1 is 0.800 bits per heavy atom. The minimum absolute atomic E-state index is 0.644. The van der Waals surface area contributed by atoms with Gasteiger partial charge < -0.3 is 0 Å². The first-order valence-electron chi connectivity index (χ1n) is 6.44. The van der Waals surface area contributed by atoms with E-state index in [1.807, 2.05) is 0 Å². The van der Waals surface area contributed by atoms with E-state index in [1.54, 1.807) is 0 Å². The quantitative estimate of drug-likeness (QED) is 0.563. The summed E-state index contributed by atoms with van der Waals surface area (Å²) in [6.07, 6.45) is 2.58. The third-order valence-electron chi connectivity index (χ3n) is 5.73. The Labute approximate surface area is 94.1 Å². The predicted octanol–water partition coefficient (Wildman–Crippen LogP) is 4.13. The summed E-state index contributed by atoms with van der Waals surface area (Å²) in [4.78, 5) is 0. The molecule has 3 rings (SSSR count). The van der Waals surface area contributed by atoms with Crippen molar-refractivity contribution in [2.45, 2.75) is 41.5 Å². The van der Waals surface area contributed by atoms with Gasteiger partial charge in [-0.1, -0.05) is 39.3 Å². The normalized spacial score (nSPS) is 51.7. The summed E-state index contributed by atoms with van der Waals surface area (Å²) in [6, 6.07) is 0. The Morgan fingerprint density at radius 3 is 1.53 bits per heavy atom. The van der Waals surface area contributed by atoms with Gasteiger partial charge in [0.15, 0.2) is 0 Å². The maximum Gasteiger partial charge on any atom is -0.0158 e. The molecular formula is C15H24. The molecule has 3 fully saturated rings. The van der Waals surface area contributed by atoms with E-state index in [4.69, 9.17) is 0 Å². The van der Waals surface area contributed by atoms with Crippen molar-refractivity contribution in [2.75, 3.05) is 0 Å². The Bertz CT molecular complexity index is 315. The highest BCUT2D eigenvalue weighted by Gasteiger charge is 2.82. The van der Waals surface area contributed by atoms with Crippen molar-refractivity contribution >= 4 is 0 Å². The monoisotopic (exact) mass is 204 g/mol. The first kappa shape index (κ1) is 9.93. The number of fused-ring (bicyclic) bond motifs is 3. The first-order chi connectivity index (χ1) is 6.79. The third kappa shape index (κ3) is 0.990. The second kappa shape index (κ2) is 2.36. The average Bonchev–Trinajstić information content (AvgIpc) is 2.69. The SMILES string of the molecule is CC(C)=CC1C2C(C3C1C3(C)C)C2(C)C. The van der Waals surface area contributed by atoms with Crippen LogP contribution in [-0.2, 0) is 0 Å². The molecular weight excluding hydrogens is 180 g/mol. The van der Waals surface area contributed by atoms with Gasteiger partial charge in [-0.2, -0.15) is 0 Å². The van der Waals surface area contributed by atoms with Crippen LogP contribution in [0.3, 0.4) is 0 Å². The molecule has 84 valence electrons. The molecule has 15 heavy (non-hydrogen) atoms. The fraction of sp³-hybridized carbons (Fsp3) is 0.867. The summed E-state index contributed by atoms with van der Waals surface area (Å²) in [5, 5.41) is 0. The first-order valence-corrected chi connectivity index (χ1v) is 6.44. The highest BCUT2D eigenvalue weighted by atomic mass is 14.9. The maximum absolute atomic E-state index is 2.58. The molecule has 3 aliphatic rings. The van der Waals surface area contributed by atoms with Crippen LogP contribution in [0.1, 0.15) is 41.5 Å². The van der Waals surface area contributed by atoms with Gasteiger partial charge in [-0.3, -0.25) is 0 Å². The summed E-state index contributed by atoms with van der Waals surface area (Å²) in [5.41, 5.74) is 2.81. The van der Waals surface area contributed by atoms with E-state index in [9.17, 15) is 0 Å². The molecule has 0 bridgehead atoms. The van der Waals surface area contributed by atoms with Gasteiger partial charge in [-0.05, 0) is 54.3 Å². The molecule has 4 atom stereocenters. The van der Waals surface area contributed by atoms with E-state index < -0.39 is 0 Å². The summed E-state index contributed by atoms with van der Waals surface area (Å²) < 4.78 is 0. The highest BCUT2D eigenvalue weighted by Crippen LogP contribution is 2.86. The Hall–Kier alpha value is -0.260. The lowest BCUT2D eigenvalue weighted by Gasteiger charge is -2.17. The minimum atomic E-state index is 0.644. The molecule has 4 unspecified atom stereocenters. The maximum atomic E-state index is 2.58. The molecule has 0 N–H and O–H groups in total. The standard InChI is InChI=1S/C15H24/c1-8(2)7-9-10-12(14(10,3)4)13-11(9)15(13,5)6/h7,9-13H,1-6H3. The van der Waals surface area contributed by atoms with Gasteiger partial charge in [0, 0.05) is 0 Å². The molecule has 0 radical (unpaired) electrons. The van der Waals surface area contributed by atoms with Crippen LogP contribution in [0.4, 0.5) is 0 Å². The van der Waals surface area contributed by atoms with Crippen molar-refractivity contribution < 1.29 is 0 Å².